The molecule has 0 aliphatic rings. The van der Waals surface area contributed by atoms with Gasteiger partial charge in [0.2, 0.25) is 5.76 Å². The number of aryl methyl sites for hydroxylation is 2. The number of furan rings is 1. The highest BCUT2D eigenvalue weighted by Crippen LogP contribution is 2.30. The zero-order chi connectivity index (χ0) is 20.7. The Bertz CT molecular complexity index is 1190. The molecule has 4 rings (SSSR count). The summed E-state index contributed by atoms with van der Waals surface area (Å²) < 4.78 is 15.8. The van der Waals surface area contributed by atoms with Crippen LogP contribution in [0.15, 0.2) is 35.0 Å². The Hall–Kier alpha value is -3.62. The smallest absolute Gasteiger partial charge is 0.373 e. The van der Waals surface area contributed by atoms with E-state index in [1.165, 1.54) is 7.11 Å². The summed E-state index contributed by atoms with van der Waals surface area (Å²) in [6.45, 7) is 4.38. The third kappa shape index (κ3) is 3.24. The fraction of sp³-hybridized carbons (Fsp3) is 0.300. The van der Waals surface area contributed by atoms with Gasteiger partial charge in [-0.3, -0.25) is 14.0 Å². The van der Waals surface area contributed by atoms with Crippen molar-refractivity contribution < 1.29 is 13.9 Å². The molecule has 0 spiro atoms. The average Bonchev–Trinajstić information content (AvgIpc) is 3.47. The summed E-state index contributed by atoms with van der Waals surface area (Å²) in [6.07, 6.45) is 3.63. The first kappa shape index (κ1) is 18.7. The Morgan fingerprint density at radius 1 is 1.07 bits per heavy atom. The molecule has 150 valence electrons. The molecular weight excluding hydrogens is 372 g/mol. The Morgan fingerprint density at radius 3 is 2.31 bits per heavy atom. The van der Waals surface area contributed by atoms with Gasteiger partial charge in [0.1, 0.15) is 5.76 Å². The zero-order valence-corrected chi connectivity index (χ0v) is 17.0. The first-order valence-electron chi connectivity index (χ1n) is 9.12. The fourth-order valence-corrected chi connectivity index (χ4v) is 3.21. The van der Waals surface area contributed by atoms with Crippen LogP contribution >= 0.6 is 0 Å². The standard InChI is InChI=1S/C20H22N6O3/c1-12-15(9-21-24(12)3)17-8-18(16-10-22-25(4)13(16)2)26(23-17)11-14-6-7-19(29-14)20(27)28-5/h6-10H,11H2,1-5H3. The molecule has 0 aliphatic heterocycles. The zero-order valence-electron chi connectivity index (χ0n) is 17.0. The molecule has 4 aromatic heterocycles. The van der Waals surface area contributed by atoms with Crippen molar-refractivity contribution in [3.8, 4) is 22.5 Å². The van der Waals surface area contributed by atoms with E-state index in [2.05, 4.69) is 10.2 Å². The Morgan fingerprint density at radius 2 is 1.72 bits per heavy atom. The number of nitrogens with zero attached hydrogens (tertiary/aromatic N) is 6. The van der Waals surface area contributed by atoms with Gasteiger partial charge >= 0.3 is 5.97 Å². The predicted molar refractivity (Wildman–Crippen MR) is 105 cm³/mol. The van der Waals surface area contributed by atoms with Crippen molar-refractivity contribution in [2.45, 2.75) is 20.4 Å². The molecule has 0 saturated heterocycles. The van der Waals surface area contributed by atoms with Crippen LogP contribution in [0.2, 0.25) is 0 Å². The second-order valence-electron chi connectivity index (χ2n) is 6.86. The van der Waals surface area contributed by atoms with Crippen molar-refractivity contribution in [1.29, 1.82) is 0 Å². The van der Waals surface area contributed by atoms with E-state index in [0.29, 0.717) is 12.3 Å². The van der Waals surface area contributed by atoms with E-state index in [1.54, 1.807) is 12.1 Å². The molecule has 0 saturated carbocycles. The minimum Gasteiger partial charge on any atom is -0.463 e. The highest BCUT2D eigenvalue weighted by atomic mass is 16.5. The van der Waals surface area contributed by atoms with Crippen LogP contribution in [0.1, 0.15) is 27.7 Å². The van der Waals surface area contributed by atoms with Crippen molar-refractivity contribution in [3.63, 3.8) is 0 Å². The second kappa shape index (κ2) is 7.08. The third-order valence-electron chi connectivity index (χ3n) is 5.16. The minimum absolute atomic E-state index is 0.164. The molecule has 9 heteroatoms. The SMILES string of the molecule is COC(=O)c1ccc(Cn2nc(-c3cnn(C)c3C)cc2-c2cnn(C)c2C)o1. The number of carbonyl (C=O) groups is 1. The number of methoxy groups -OCH3 is 1. The van der Waals surface area contributed by atoms with Gasteiger partial charge in [0.05, 0.1) is 37.4 Å². The molecule has 4 heterocycles. The topological polar surface area (TPSA) is 92.9 Å². The largest absolute Gasteiger partial charge is 0.463 e. The summed E-state index contributed by atoms with van der Waals surface area (Å²) in [5, 5.41) is 13.5. The number of carbonyl (C=O) groups excluding carboxylic acids is 1. The molecule has 0 amide bonds. The molecular formula is C20H22N6O3. The van der Waals surface area contributed by atoms with Crippen LogP contribution in [0.3, 0.4) is 0 Å². The van der Waals surface area contributed by atoms with Crippen molar-refractivity contribution in [3.05, 3.63) is 53.5 Å². The summed E-state index contributed by atoms with van der Waals surface area (Å²) in [6, 6.07) is 5.38. The van der Waals surface area contributed by atoms with Crippen LogP contribution < -0.4 is 0 Å². The van der Waals surface area contributed by atoms with Crippen LogP contribution in [0.25, 0.3) is 22.5 Å². The number of esters is 1. The van der Waals surface area contributed by atoms with Crippen molar-refractivity contribution in [1.82, 2.24) is 29.3 Å². The third-order valence-corrected chi connectivity index (χ3v) is 5.16. The highest BCUT2D eigenvalue weighted by Gasteiger charge is 2.19. The van der Waals surface area contributed by atoms with Crippen LogP contribution in [0, 0.1) is 13.8 Å². The minimum atomic E-state index is -0.508. The van der Waals surface area contributed by atoms with E-state index in [1.807, 2.05) is 60.4 Å². The van der Waals surface area contributed by atoms with E-state index in [4.69, 9.17) is 14.3 Å². The lowest BCUT2D eigenvalue weighted by Gasteiger charge is -2.05. The maximum Gasteiger partial charge on any atom is 0.373 e. The van der Waals surface area contributed by atoms with E-state index < -0.39 is 5.97 Å². The van der Waals surface area contributed by atoms with Crippen molar-refractivity contribution in [2.24, 2.45) is 14.1 Å². The number of hydrogen-bond acceptors (Lipinski definition) is 6. The maximum absolute atomic E-state index is 11.7. The van der Waals surface area contributed by atoms with E-state index >= 15 is 0 Å². The van der Waals surface area contributed by atoms with Gasteiger partial charge in [0.25, 0.3) is 0 Å². The quantitative estimate of drug-likeness (QED) is 0.483. The van der Waals surface area contributed by atoms with Gasteiger partial charge in [-0.25, -0.2) is 4.79 Å². The second-order valence-corrected chi connectivity index (χ2v) is 6.86. The van der Waals surface area contributed by atoms with Gasteiger partial charge in [-0.1, -0.05) is 0 Å². The molecule has 9 nitrogen and oxygen atoms in total. The first-order chi connectivity index (χ1) is 13.9. The molecule has 0 atom stereocenters. The molecule has 0 bridgehead atoms. The number of rotatable bonds is 5. The molecule has 0 aliphatic carbocycles. The van der Waals surface area contributed by atoms with Crippen LogP contribution in [0.5, 0.6) is 0 Å². The normalized spacial score (nSPS) is 11.2. The van der Waals surface area contributed by atoms with E-state index in [9.17, 15) is 4.79 Å². The summed E-state index contributed by atoms with van der Waals surface area (Å²) in [4.78, 5) is 11.7. The monoisotopic (exact) mass is 394 g/mol. The lowest BCUT2D eigenvalue weighted by atomic mass is 10.1. The number of ether oxygens (including phenoxy) is 1. The lowest BCUT2D eigenvalue weighted by Crippen LogP contribution is -2.04. The summed E-state index contributed by atoms with van der Waals surface area (Å²) in [5.74, 6) is 0.259. The summed E-state index contributed by atoms with van der Waals surface area (Å²) in [5.41, 5.74) is 5.71. The van der Waals surface area contributed by atoms with E-state index in [0.717, 1.165) is 33.9 Å². The maximum atomic E-state index is 11.7. The lowest BCUT2D eigenvalue weighted by molar-refractivity contribution is 0.0563. The van der Waals surface area contributed by atoms with Gasteiger partial charge in [-0.15, -0.1) is 0 Å². The molecule has 0 unspecified atom stereocenters. The molecule has 0 radical (unpaired) electrons. The fourth-order valence-electron chi connectivity index (χ4n) is 3.21. The van der Waals surface area contributed by atoms with Crippen molar-refractivity contribution in [2.75, 3.05) is 7.11 Å². The number of hydrogen-bond donors (Lipinski definition) is 0. The Balaban J connectivity index is 1.79. The van der Waals surface area contributed by atoms with Gasteiger partial charge in [-0.05, 0) is 32.0 Å². The summed E-state index contributed by atoms with van der Waals surface area (Å²) >= 11 is 0. The predicted octanol–water partition coefficient (Wildman–Crippen LogP) is 2.73. The van der Waals surface area contributed by atoms with Gasteiger partial charge < -0.3 is 9.15 Å². The molecule has 0 fully saturated rings. The van der Waals surface area contributed by atoms with Crippen LogP contribution in [-0.2, 0) is 25.4 Å². The van der Waals surface area contributed by atoms with Crippen LogP contribution in [-0.4, -0.2) is 42.4 Å². The first-order valence-corrected chi connectivity index (χ1v) is 9.12. The molecule has 4 aromatic rings. The average molecular weight is 394 g/mol. The Kier molecular flexibility index (Phi) is 4.57. The number of aromatic nitrogens is 6. The highest BCUT2D eigenvalue weighted by molar-refractivity contribution is 5.86. The van der Waals surface area contributed by atoms with Crippen molar-refractivity contribution >= 4 is 5.97 Å². The van der Waals surface area contributed by atoms with Gasteiger partial charge in [-0.2, -0.15) is 15.3 Å². The summed E-state index contributed by atoms with van der Waals surface area (Å²) in [7, 11) is 5.13. The van der Waals surface area contributed by atoms with Gasteiger partial charge in [0, 0.05) is 36.6 Å². The molecule has 29 heavy (non-hydrogen) atoms. The van der Waals surface area contributed by atoms with Crippen LogP contribution in [0.4, 0.5) is 0 Å². The molecule has 0 N–H and O–H groups in total. The Labute approximate surface area is 167 Å². The van der Waals surface area contributed by atoms with E-state index in [-0.39, 0.29) is 5.76 Å². The van der Waals surface area contributed by atoms with Gasteiger partial charge in [0.15, 0.2) is 0 Å². The molecule has 0 aromatic carbocycles.